The molecule has 192 valence electrons. The van der Waals surface area contributed by atoms with Gasteiger partial charge < -0.3 is 28.8 Å². The number of carbonyl (C=O) groups excluding carboxylic acids is 2. The third-order valence-corrected chi connectivity index (χ3v) is 6.00. The van der Waals surface area contributed by atoms with Crippen LogP contribution in [0.5, 0.6) is 5.75 Å². The first-order valence-corrected chi connectivity index (χ1v) is 12.2. The molecule has 9 heteroatoms. The van der Waals surface area contributed by atoms with Crippen LogP contribution in [0, 0.1) is 11.8 Å². The molecular weight excluding hydrogens is 462 g/mol. The smallest absolute Gasteiger partial charge is 0.409 e. The largest absolute Gasteiger partial charge is 0.491 e. The number of fused-ring (bicyclic) bond motifs is 1. The molecule has 2 aromatic rings. The fourth-order valence-electron chi connectivity index (χ4n) is 4.17. The van der Waals surface area contributed by atoms with Gasteiger partial charge in [-0.1, -0.05) is 12.0 Å². The quantitative estimate of drug-likeness (QED) is 0.652. The number of rotatable bonds is 4. The summed E-state index contributed by atoms with van der Waals surface area (Å²) in [4.78, 5) is 30.8. The number of ether oxygens (including phenoxy) is 2. The Hall–Kier alpha value is -3.48. The maximum Gasteiger partial charge on any atom is 0.409 e. The number of carbonyl (C=O) groups is 2. The van der Waals surface area contributed by atoms with Gasteiger partial charge in [-0.2, -0.15) is 0 Å². The molecule has 2 aliphatic heterocycles. The molecule has 9 nitrogen and oxygen atoms in total. The van der Waals surface area contributed by atoms with Crippen molar-refractivity contribution in [3.8, 4) is 17.6 Å². The molecule has 0 bridgehead atoms. The molecule has 3 heterocycles. The predicted molar refractivity (Wildman–Crippen MR) is 132 cm³/mol. The molecule has 0 atom stereocenters. The van der Waals surface area contributed by atoms with Gasteiger partial charge in [-0.25, -0.2) is 4.79 Å². The fraction of sp³-hybridized carbons (Fsp3) is 0.481. The molecule has 2 aliphatic rings. The average Bonchev–Trinajstić information content (AvgIpc) is 3.22. The minimum Gasteiger partial charge on any atom is -0.491 e. The predicted octanol–water partition coefficient (Wildman–Crippen LogP) is 2.71. The van der Waals surface area contributed by atoms with Gasteiger partial charge in [0.05, 0.1) is 13.2 Å². The van der Waals surface area contributed by atoms with E-state index in [1.54, 1.807) is 35.8 Å². The van der Waals surface area contributed by atoms with Crippen molar-refractivity contribution in [1.82, 2.24) is 14.7 Å². The lowest BCUT2D eigenvalue weighted by Gasteiger charge is -2.34. The van der Waals surface area contributed by atoms with E-state index in [9.17, 15) is 14.7 Å². The third kappa shape index (κ3) is 6.59. The van der Waals surface area contributed by atoms with Crippen LogP contribution in [-0.2, 0) is 17.8 Å². The summed E-state index contributed by atoms with van der Waals surface area (Å²) in [5.41, 5.74) is 0.921. The summed E-state index contributed by atoms with van der Waals surface area (Å²) in [5, 5.41) is 9.77. The second-order valence-corrected chi connectivity index (χ2v) is 9.45. The van der Waals surface area contributed by atoms with Gasteiger partial charge in [0, 0.05) is 44.8 Å². The molecule has 0 saturated carbocycles. The maximum absolute atomic E-state index is 13.1. The summed E-state index contributed by atoms with van der Waals surface area (Å²) in [6, 6.07) is 9.34. The summed E-state index contributed by atoms with van der Waals surface area (Å²) >= 11 is 0. The van der Waals surface area contributed by atoms with Gasteiger partial charge in [0.15, 0.2) is 11.5 Å². The Labute approximate surface area is 211 Å². The lowest BCUT2D eigenvalue weighted by Crippen LogP contribution is -2.48. The summed E-state index contributed by atoms with van der Waals surface area (Å²) in [6.07, 6.45) is -0.253. The highest BCUT2D eigenvalue weighted by Gasteiger charge is 2.25. The van der Waals surface area contributed by atoms with E-state index in [2.05, 4.69) is 22.8 Å². The van der Waals surface area contributed by atoms with Crippen LogP contribution in [0.4, 0.5) is 4.79 Å². The van der Waals surface area contributed by atoms with E-state index in [0.29, 0.717) is 45.2 Å². The van der Waals surface area contributed by atoms with Gasteiger partial charge in [0.2, 0.25) is 0 Å². The Bertz CT molecular complexity index is 1150. The van der Waals surface area contributed by atoms with Crippen LogP contribution >= 0.6 is 0 Å². The molecule has 0 unspecified atom stereocenters. The number of benzene rings is 1. The van der Waals surface area contributed by atoms with E-state index >= 15 is 0 Å². The molecule has 0 spiro atoms. The molecule has 4 rings (SSSR count). The number of amides is 2. The van der Waals surface area contributed by atoms with Crippen molar-refractivity contribution in [2.24, 2.45) is 0 Å². The van der Waals surface area contributed by atoms with E-state index in [1.807, 2.05) is 19.1 Å². The van der Waals surface area contributed by atoms with Crippen LogP contribution in [0.25, 0.3) is 0 Å². The molecular formula is C27H33N3O6. The van der Waals surface area contributed by atoms with Crippen LogP contribution in [0.3, 0.4) is 0 Å². The highest BCUT2D eigenvalue weighted by molar-refractivity contribution is 5.91. The Morgan fingerprint density at radius 3 is 2.58 bits per heavy atom. The van der Waals surface area contributed by atoms with Crippen molar-refractivity contribution < 1.29 is 28.6 Å². The second-order valence-electron chi connectivity index (χ2n) is 9.45. The molecule has 0 aliphatic carbocycles. The first-order chi connectivity index (χ1) is 17.2. The number of furan rings is 1. The van der Waals surface area contributed by atoms with E-state index in [-0.39, 0.29) is 17.8 Å². The van der Waals surface area contributed by atoms with Crippen LogP contribution in [0.1, 0.15) is 48.2 Å². The number of piperazine rings is 1. The SMILES string of the molecule is CCOC(=O)N1CCN(Cc2ccc3c(c2)CN(C(=O)c2ccc(C#CC(C)(C)O)o2)CCO3)CC1. The van der Waals surface area contributed by atoms with Gasteiger partial charge >= 0.3 is 6.09 Å². The Morgan fingerprint density at radius 1 is 1.08 bits per heavy atom. The van der Waals surface area contributed by atoms with Crippen molar-refractivity contribution in [2.45, 2.75) is 39.5 Å². The molecule has 36 heavy (non-hydrogen) atoms. The van der Waals surface area contributed by atoms with Gasteiger partial charge in [-0.05, 0) is 56.5 Å². The van der Waals surface area contributed by atoms with E-state index in [1.165, 1.54) is 0 Å². The van der Waals surface area contributed by atoms with E-state index < -0.39 is 5.60 Å². The van der Waals surface area contributed by atoms with Crippen LogP contribution in [0.15, 0.2) is 34.7 Å². The zero-order chi connectivity index (χ0) is 25.7. The van der Waals surface area contributed by atoms with Crippen molar-refractivity contribution in [2.75, 3.05) is 45.9 Å². The molecule has 1 saturated heterocycles. The summed E-state index contributed by atoms with van der Waals surface area (Å²) in [5.74, 6) is 6.52. The third-order valence-electron chi connectivity index (χ3n) is 6.00. The van der Waals surface area contributed by atoms with E-state index in [4.69, 9.17) is 13.9 Å². The number of hydrogen-bond donors (Lipinski definition) is 1. The fourth-order valence-corrected chi connectivity index (χ4v) is 4.17. The van der Waals surface area contributed by atoms with Crippen LogP contribution in [-0.4, -0.2) is 83.3 Å². The van der Waals surface area contributed by atoms with Crippen LogP contribution in [0.2, 0.25) is 0 Å². The van der Waals surface area contributed by atoms with E-state index in [0.717, 1.165) is 36.5 Å². The number of hydrogen-bond acceptors (Lipinski definition) is 7. The topological polar surface area (TPSA) is 95.7 Å². The normalized spacial score (nSPS) is 16.3. The highest BCUT2D eigenvalue weighted by Crippen LogP contribution is 2.26. The lowest BCUT2D eigenvalue weighted by atomic mass is 10.1. The zero-order valence-corrected chi connectivity index (χ0v) is 21.1. The number of nitrogens with zero attached hydrogens (tertiary/aromatic N) is 3. The van der Waals surface area contributed by atoms with Crippen molar-refractivity contribution in [3.05, 3.63) is 53.0 Å². The Kier molecular flexibility index (Phi) is 7.87. The second kappa shape index (κ2) is 11.1. The Balaban J connectivity index is 1.40. The minimum atomic E-state index is -1.14. The molecule has 1 N–H and O–H groups in total. The van der Waals surface area contributed by atoms with Gasteiger partial charge in [0.25, 0.3) is 5.91 Å². The standard InChI is InChI=1S/C27H33N3O6/c1-4-34-26(32)29-13-11-28(12-14-29)18-20-5-7-23-21(17-20)19-30(15-16-35-23)25(31)24-8-6-22(36-24)9-10-27(2,3)33/h5-8,17,33H,4,11-16,18-19H2,1-3H3. The monoisotopic (exact) mass is 495 g/mol. The van der Waals surface area contributed by atoms with Gasteiger partial charge in [0.1, 0.15) is 18.0 Å². The maximum atomic E-state index is 13.1. The minimum absolute atomic E-state index is 0.203. The molecule has 1 aromatic carbocycles. The molecule has 2 amide bonds. The van der Waals surface area contributed by atoms with Crippen molar-refractivity contribution in [1.29, 1.82) is 0 Å². The summed E-state index contributed by atoms with van der Waals surface area (Å²) in [6.45, 7) is 10.2. The molecule has 1 fully saturated rings. The first-order valence-electron chi connectivity index (χ1n) is 12.2. The first kappa shape index (κ1) is 25.6. The van der Waals surface area contributed by atoms with Crippen molar-refractivity contribution in [3.63, 3.8) is 0 Å². The van der Waals surface area contributed by atoms with Crippen molar-refractivity contribution >= 4 is 12.0 Å². The summed E-state index contributed by atoms with van der Waals surface area (Å²) in [7, 11) is 0. The number of aliphatic hydroxyl groups is 1. The molecule has 0 radical (unpaired) electrons. The highest BCUT2D eigenvalue weighted by atomic mass is 16.6. The Morgan fingerprint density at radius 2 is 1.86 bits per heavy atom. The lowest BCUT2D eigenvalue weighted by molar-refractivity contribution is 0.0699. The van der Waals surface area contributed by atoms with Gasteiger partial charge in [-0.3, -0.25) is 9.69 Å². The average molecular weight is 496 g/mol. The van der Waals surface area contributed by atoms with Gasteiger partial charge in [-0.15, -0.1) is 0 Å². The van der Waals surface area contributed by atoms with Crippen LogP contribution < -0.4 is 4.74 Å². The summed E-state index contributed by atoms with van der Waals surface area (Å²) < 4.78 is 16.6. The molecule has 1 aromatic heterocycles. The zero-order valence-electron chi connectivity index (χ0n) is 21.1.